The number of hydrogen-bond acceptors (Lipinski definition) is 6. The average Bonchev–Trinajstić information content (AvgIpc) is 3.10. The van der Waals surface area contributed by atoms with Gasteiger partial charge in [0.25, 0.3) is 0 Å². The summed E-state index contributed by atoms with van der Waals surface area (Å²) in [6.45, 7) is 6.73. The summed E-state index contributed by atoms with van der Waals surface area (Å²) in [5.41, 5.74) is 6.40. The fourth-order valence-corrected chi connectivity index (χ4v) is 5.82. The van der Waals surface area contributed by atoms with Gasteiger partial charge in [-0.1, -0.05) is 42.5 Å². The van der Waals surface area contributed by atoms with E-state index in [1.807, 2.05) is 0 Å². The first kappa shape index (κ1) is 21.6. The zero-order chi connectivity index (χ0) is 22.2. The third kappa shape index (κ3) is 4.10. The Morgan fingerprint density at radius 3 is 2.75 bits per heavy atom. The topological polar surface area (TPSA) is 64.7 Å². The van der Waals surface area contributed by atoms with E-state index in [1.165, 1.54) is 22.3 Å². The quantitative estimate of drug-likeness (QED) is 0.494. The molecule has 0 aliphatic carbocycles. The number of benzene rings is 2. The Hall–Kier alpha value is -2.19. The highest BCUT2D eigenvalue weighted by atomic mass is 32.1. The van der Waals surface area contributed by atoms with Gasteiger partial charge in [-0.3, -0.25) is 24.7 Å². The van der Waals surface area contributed by atoms with Crippen molar-refractivity contribution in [2.24, 2.45) is 0 Å². The maximum Gasteiger partial charge on any atom is 0.243 e. The number of carbonyl (C=O) groups excluding carboxylic acids is 2. The van der Waals surface area contributed by atoms with Gasteiger partial charge in [0.15, 0.2) is 0 Å². The monoisotopic (exact) mass is 450 g/mol. The van der Waals surface area contributed by atoms with E-state index in [4.69, 9.17) is 12.6 Å². The first-order chi connectivity index (χ1) is 15.5. The fraction of sp³-hybridized carbons (Fsp3) is 0.440. The number of imide groups is 1. The molecule has 2 amide bonds. The van der Waals surface area contributed by atoms with Crippen LogP contribution in [0.3, 0.4) is 0 Å². The third-order valence-electron chi connectivity index (χ3n) is 7.05. The van der Waals surface area contributed by atoms with Crippen molar-refractivity contribution in [1.82, 2.24) is 20.4 Å². The number of thiol groups is 1. The van der Waals surface area contributed by atoms with Crippen LogP contribution in [0, 0.1) is 6.92 Å². The van der Waals surface area contributed by atoms with E-state index >= 15 is 0 Å². The predicted molar refractivity (Wildman–Crippen MR) is 127 cm³/mol. The minimum Gasteiger partial charge on any atom is -0.314 e. The molecule has 0 aromatic heterocycles. The Balaban J connectivity index is 1.34. The molecule has 2 aromatic rings. The lowest BCUT2D eigenvalue weighted by Gasteiger charge is -2.37. The summed E-state index contributed by atoms with van der Waals surface area (Å²) in [5, 5.41) is 5.91. The van der Waals surface area contributed by atoms with Crippen LogP contribution in [0.5, 0.6) is 0 Å². The molecule has 2 aromatic carbocycles. The minimum absolute atomic E-state index is 0.123. The summed E-state index contributed by atoms with van der Waals surface area (Å²) in [6, 6.07) is 15.4. The molecule has 2 fully saturated rings. The molecule has 3 atom stereocenters. The van der Waals surface area contributed by atoms with Gasteiger partial charge in [-0.2, -0.15) is 12.6 Å². The van der Waals surface area contributed by atoms with Crippen molar-refractivity contribution in [2.75, 3.05) is 19.6 Å². The van der Waals surface area contributed by atoms with Crippen molar-refractivity contribution in [3.05, 3.63) is 70.3 Å². The number of amides is 2. The number of hydrogen-bond donors (Lipinski definition) is 3. The van der Waals surface area contributed by atoms with Crippen molar-refractivity contribution in [2.45, 2.75) is 50.3 Å². The molecule has 0 spiro atoms. The number of nitrogens with zero attached hydrogens (tertiary/aromatic N) is 2. The van der Waals surface area contributed by atoms with Crippen LogP contribution in [0.4, 0.5) is 0 Å². The summed E-state index contributed by atoms with van der Waals surface area (Å²) < 4.78 is 0. The molecule has 3 unspecified atom stereocenters. The van der Waals surface area contributed by atoms with Gasteiger partial charge in [0.1, 0.15) is 0 Å². The van der Waals surface area contributed by atoms with Crippen molar-refractivity contribution in [3.63, 3.8) is 0 Å². The Kier molecular flexibility index (Phi) is 6.07. The molecule has 7 heteroatoms. The molecule has 0 bridgehead atoms. The molecule has 3 aliphatic heterocycles. The van der Waals surface area contributed by atoms with E-state index in [-0.39, 0.29) is 23.2 Å². The maximum absolute atomic E-state index is 12.4. The molecule has 2 N–H and O–H groups in total. The summed E-state index contributed by atoms with van der Waals surface area (Å²) >= 11 is 4.82. The van der Waals surface area contributed by atoms with Gasteiger partial charge in [0.05, 0.1) is 11.4 Å². The first-order valence-corrected chi connectivity index (χ1v) is 11.9. The lowest BCUT2D eigenvalue weighted by Crippen LogP contribution is -2.51. The number of carbonyl (C=O) groups is 2. The predicted octanol–water partition coefficient (Wildman–Crippen LogP) is 2.69. The van der Waals surface area contributed by atoms with Gasteiger partial charge in [0, 0.05) is 45.2 Å². The molecular weight excluding hydrogens is 420 g/mol. The van der Waals surface area contributed by atoms with Gasteiger partial charge in [-0.25, -0.2) is 0 Å². The number of piperazine rings is 1. The van der Waals surface area contributed by atoms with Crippen molar-refractivity contribution >= 4 is 24.4 Å². The molecule has 5 rings (SSSR count). The van der Waals surface area contributed by atoms with E-state index in [1.54, 1.807) is 0 Å². The van der Waals surface area contributed by atoms with Crippen molar-refractivity contribution in [3.8, 4) is 0 Å². The van der Waals surface area contributed by atoms with E-state index in [0.717, 1.165) is 31.7 Å². The number of aryl methyl sites for hydroxylation is 1. The molecule has 0 radical (unpaired) electrons. The van der Waals surface area contributed by atoms with Crippen LogP contribution in [0.1, 0.15) is 52.1 Å². The maximum atomic E-state index is 12.4. The summed E-state index contributed by atoms with van der Waals surface area (Å²) in [7, 11) is 0. The molecule has 3 heterocycles. The SMILES string of the molecule is Cc1ccccc1C1CNCCN1Cc1ccc2c(c1)CN(C1CCC(=O)NC1=O)C2S. The second-order valence-electron chi connectivity index (χ2n) is 9.09. The summed E-state index contributed by atoms with van der Waals surface area (Å²) in [6.07, 6.45) is 0.944. The smallest absolute Gasteiger partial charge is 0.243 e. The van der Waals surface area contributed by atoms with Crippen LogP contribution in [0.15, 0.2) is 42.5 Å². The zero-order valence-electron chi connectivity index (χ0n) is 18.4. The molecule has 168 valence electrons. The lowest BCUT2D eigenvalue weighted by molar-refractivity contribution is -0.137. The number of nitrogens with one attached hydrogen (secondary N) is 2. The highest BCUT2D eigenvalue weighted by Gasteiger charge is 2.39. The lowest BCUT2D eigenvalue weighted by atomic mass is 9.97. The van der Waals surface area contributed by atoms with Crippen molar-refractivity contribution in [1.29, 1.82) is 0 Å². The third-order valence-corrected chi connectivity index (χ3v) is 7.63. The van der Waals surface area contributed by atoms with Crippen LogP contribution in [0.25, 0.3) is 0 Å². The standard InChI is InChI=1S/C25H30N4O2S/c1-16-4-2-3-5-19(16)22-13-26-10-11-28(22)14-17-6-7-20-18(12-17)15-29(25(20)32)21-8-9-23(30)27-24(21)31/h2-7,12,21-22,25-26,32H,8-11,13-15H2,1H3,(H,27,30,31). The summed E-state index contributed by atoms with van der Waals surface area (Å²) in [5.74, 6) is -0.379. The van der Waals surface area contributed by atoms with Crippen LogP contribution < -0.4 is 10.6 Å². The first-order valence-electron chi connectivity index (χ1n) is 11.4. The van der Waals surface area contributed by atoms with Gasteiger partial charge in [0.2, 0.25) is 11.8 Å². The van der Waals surface area contributed by atoms with E-state index in [2.05, 4.69) is 69.8 Å². The highest BCUT2D eigenvalue weighted by Crippen LogP contribution is 2.40. The number of rotatable bonds is 4. The van der Waals surface area contributed by atoms with E-state index in [9.17, 15) is 9.59 Å². The normalized spacial score (nSPS) is 26.8. The second kappa shape index (κ2) is 8.98. The van der Waals surface area contributed by atoms with Gasteiger partial charge >= 0.3 is 0 Å². The van der Waals surface area contributed by atoms with Crippen LogP contribution in [-0.4, -0.2) is 47.3 Å². The molecule has 2 saturated heterocycles. The zero-order valence-corrected chi connectivity index (χ0v) is 19.3. The number of fused-ring (bicyclic) bond motifs is 1. The van der Waals surface area contributed by atoms with Crippen molar-refractivity contribution < 1.29 is 9.59 Å². The fourth-order valence-electron chi connectivity index (χ4n) is 5.32. The van der Waals surface area contributed by atoms with Gasteiger partial charge < -0.3 is 5.32 Å². The number of piperidine rings is 1. The minimum atomic E-state index is -0.301. The largest absolute Gasteiger partial charge is 0.314 e. The molecule has 32 heavy (non-hydrogen) atoms. The van der Waals surface area contributed by atoms with E-state index < -0.39 is 0 Å². The molecular formula is C25H30N4O2S. The van der Waals surface area contributed by atoms with Crippen LogP contribution in [0.2, 0.25) is 0 Å². The van der Waals surface area contributed by atoms with E-state index in [0.29, 0.717) is 25.4 Å². The Morgan fingerprint density at radius 2 is 1.94 bits per heavy atom. The molecule has 6 nitrogen and oxygen atoms in total. The van der Waals surface area contributed by atoms with Gasteiger partial charge in [-0.15, -0.1) is 0 Å². The average molecular weight is 451 g/mol. The Morgan fingerprint density at radius 1 is 1.09 bits per heavy atom. The second-order valence-corrected chi connectivity index (χ2v) is 9.58. The highest BCUT2D eigenvalue weighted by molar-refractivity contribution is 7.80. The Bertz CT molecular complexity index is 1040. The summed E-state index contributed by atoms with van der Waals surface area (Å²) in [4.78, 5) is 28.6. The van der Waals surface area contributed by atoms with Crippen LogP contribution in [-0.2, 0) is 22.7 Å². The molecule has 0 saturated carbocycles. The van der Waals surface area contributed by atoms with Crippen LogP contribution >= 0.6 is 12.6 Å². The Labute approximate surface area is 194 Å². The van der Waals surface area contributed by atoms with Gasteiger partial charge in [-0.05, 0) is 41.2 Å². The molecule has 3 aliphatic rings.